The first-order valence-corrected chi connectivity index (χ1v) is 10.5. The summed E-state index contributed by atoms with van der Waals surface area (Å²) >= 11 is 0. The summed E-state index contributed by atoms with van der Waals surface area (Å²) in [6, 6.07) is 0. The third-order valence-corrected chi connectivity index (χ3v) is 5.20. The molecule has 0 aromatic carbocycles. The largest absolute Gasteiger partial charge is 0.356 e. The average Bonchev–Trinajstić information content (AvgIpc) is 2.91. The highest BCUT2D eigenvalue weighted by atomic mass is 15.4. The minimum Gasteiger partial charge on any atom is -0.356 e. The van der Waals surface area contributed by atoms with Crippen LogP contribution in [0.25, 0.3) is 0 Å². The van der Waals surface area contributed by atoms with Crippen LogP contribution in [-0.4, -0.2) is 29.1 Å². The van der Waals surface area contributed by atoms with Crippen molar-refractivity contribution in [1.29, 1.82) is 0 Å². The van der Waals surface area contributed by atoms with Crippen molar-refractivity contribution in [2.24, 2.45) is 0 Å². The molecule has 1 heterocycles. The third kappa shape index (κ3) is 9.27. The molecule has 0 amide bonds. The lowest BCUT2D eigenvalue weighted by Crippen LogP contribution is -2.36. The molecule has 2 heteroatoms. The summed E-state index contributed by atoms with van der Waals surface area (Å²) in [5.74, 6) is 0. The van der Waals surface area contributed by atoms with Crippen LogP contribution in [0.4, 0.5) is 0 Å². The highest BCUT2D eigenvalue weighted by molar-refractivity contribution is 4.95. The highest BCUT2D eigenvalue weighted by Crippen LogP contribution is 2.17. The second-order valence-corrected chi connectivity index (χ2v) is 7.29. The van der Waals surface area contributed by atoms with Crippen molar-refractivity contribution in [3.05, 3.63) is 12.4 Å². The normalized spacial score (nSPS) is 17.4. The first kappa shape index (κ1) is 20.4. The van der Waals surface area contributed by atoms with E-state index in [1.807, 2.05) is 0 Å². The van der Waals surface area contributed by atoms with Gasteiger partial charge in [0.15, 0.2) is 0 Å². The van der Waals surface area contributed by atoms with Crippen molar-refractivity contribution in [2.45, 2.75) is 110 Å². The molecule has 1 aliphatic rings. The zero-order valence-electron chi connectivity index (χ0n) is 16.2. The Balaban J connectivity index is 1.89. The summed E-state index contributed by atoms with van der Waals surface area (Å²) in [6.45, 7) is 9.35. The van der Waals surface area contributed by atoms with E-state index >= 15 is 0 Å². The average molecular weight is 323 g/mol. The molecule has 0 saturated heterocycles. The predicted molar refractivity (Wildman–Crippen MR) is 103 cm³/mol. The Morgan fingerprint density at radius 3 is 1.43 bits per heavy atom. The molecule has 0 radical (unpaired) electrons. The summed E-state index contributed by atoms with van der Waals surface area (Å²) in [4.78, 5) is 5.01. The predicted octanol–water partition coefficient (Wildman–Crippen LogP) is 6.53. The molecule has 0 saturated carbocycles. The number of unbranched alkanes of at least 4 members (excludes halogenated alkanes) is 11. The van der Waals surface area contributed by atoms with E-state index in [-0.39, 0.29) is 0 Å². The molecular weight excluding hydrogens is 280 g/mol. The van der Waals surface area contributed by atoms with Gasteiger partial charge in [-0.25, -0.2) is 0 Å². The molecule has 2 nitrogen and oxygen atoms in total. The molecule has 0 aromatic rings. The molecule has 23 heavy (non-hydrogen) atoms. The molecule has 1 atom stereocenters. The number of hydrogen-bond acceptors (Lipinski definition) is 2. The maximum Gasteiger partial charge on any atom is 0.0977 e. The van der Waals surface area contributed by atoms with E-state index in [9.17, 15) is 0 Å². The van der Waals surface area contributed by atoms with Crippen molar-refractivity contribution in [1.82, 2.24) is 9.80 Å². The van der Waals surface area contributed by atoms with Crippen LogP contribution in [-0.2, 0) is 0 Å². The van der Waals surface area contributed by atoms with Crippen LogP contribution in [0.15, 0.2) is 12.4 Å². The van der Waals surface area contributed by atoms with Crippen LogP contribution in [0, 0.1) is 0 Å². The third-order valence-electron chi connectivity index (χ3n) is 5.20. The molecule has 0 spiro atoms. The van der Waals surface area contributed by atoms with Gasteiger partial charge in [0, 0.05) is 25.5 Å². The summed E-state index contributed by atoms with van der Waals surface area (Å²) in [5.41, 5.74) is 0. The fourth-order valence-electron chi connectivity index (χ4n) is 3.43. The van der Waals surface area contributed by atoms with Gasteiger partial charge in [0.1, 0.15) is 0 Å². The minimum atomic E-state index is 0.574. The first-order chi connectivity index (χ1) is 11.3. The van der Waals surface area contributed by atoms with E-state index in [0.29, 0.717) is 6.17 Å². The Kier molecular flexibility index (Phi) is 12.2. The number of nitrogens with zero attached hydrogens (tertiary/aromatic N) is 2. The van der Waals surface area contributed by atoms with Crippen LogP contribution in [0.2, 0.25) is 0 Å². The molecule has 0 fully saturated rings. The zero-order valence-corrected chi connectivity index (χ0v) is 16.2. The first-order valence-electron chi connectivity index (χ1n) is 10.5. The fraction of sp³-hybridized carbons (Fsp3) is 0.905. The number of rotatable bonds is 15. The van der Waals surface area contributed by atoms with Crippen LogP contribution in [0.1, 0.15) is 104 Å². The van der Waals surface area contributed by atoms with Gasteiger partial charge in [-0.2, -0.15) is 0 Å². The Morgan fingerprint density at radius 2 is 0.957 bits per heavy atom. The van der Waals surface area contributed by atoms with Gasteiger partial charge in [-0.15, -0.1) is 0 Å². The molecular formula is C21H42N2. The molecule has 0 N–H and O–H groups in total. The standard InChI is InChI=1S/C21H42N2/c1-4-6-8-9-10-11-12-13-14-15-16-18-23-20-19-22(21(23)3)17-7-5-2/h19-21H,4-18H2,1-3H3. The quantitative estimate of drug-likeness (QED) is 0.316. The monoisotopic (exact) mass is 322 g/mol. The summed E-state index contributed by atoms with van der Waals surface area (Å²) in [7, 11) is 0. The fourth-order valence-corrected chi connectivity index (χ4v) is 3.43. The van der Waals surface area contributed by atoms with Crippen molar-refractivity contribution < 1.29 is 0 Å². The van der Waals surface area contributed by atoms with Gasteiger partial charge < -0.3 is 9.80 Å². The van der Waals surface area contributed by atoms with E-state index in [2.05, 4.69) is 43.0 Å². The van der Waals surface area contributed by atoms with Crippen LogP contribution in [0.5, 0.6) is 0 Å². The van der Waals surface area contributed by atoms with Crippen molar-refractivity contribution in [3.8, 4) is 0 Å². The summed E-state index contributed by atoms with van der Waals surface area (Å²) < 4.78 is 0. The minimum absolute atomic E-state index is 0.574. The Hall–Kier alpha value is -0.660. The van der Waals surface area contributed by atoms with Crippen molar-refractivity contribution in [2.75, 3.05) is 13.1 Å². The van der Waals surface area contributed by atoms with Gasteiger partial charge in [-0.1, -0.05) is 84.5 Å². The Bertz CT molecular complexity index is 288. The van der Waals surface area contributed by atoms with E-state index in [4.69, 9.17) is 0 Å². The van der Waals surface area contributed by atoms with E-state index < -0.39 is 0 Å². The molecule has 1 aliphatic heterocycles. The van der Waals surface area contributed by atoms with Gasteiger partial charge in [0.05, 0.1) is 6.17 Å². The van der Waals surface area contributed by atoms with Gasteiger partial charge in [-0.05, 0) is 19.8 Å². The van der Waals surface area contributed by atoms with Crippen molar-refractivity contribution in [3.63, 3.8) is 0 Å². The summed E-state index contributed by atoms with van der Waals surface area (Å²) in [6.07, 6.45) is 23.5. The molecule has 0 bridgehead atoms. The van der Waals surface area contributed by atoms with E-state index in [1.54, 1.807) is 0 Å². The topological polar surface area (TPSA) is 6.48 Å². The highest BCUT2D eigenvalue weighted by Gasteiger charge is 2.20. The van der Waals surface area contributed by atoms with E-state index in [0.717, 1.165) is 0 Å². The van der Waals surface area contributed by atoms with Crippen molar-refractivity contribution >= 4 is 0 Å². The summed E-state index contributed by atoms with van der Waals surface area (Å²) in [5, 5.41) is 0. The molecule has 1 unspecified atom stereocenters. The Morgan fingerprint density at radius 1 is 0.565 bits per heavy atom. The molecule has 0 aromatic heterocycles. The van der Waals surface area contributed by atoms with Gasteiger partial charge in [0.25, 0.3) is 0 Å². The van der Waals surface area contributed by atoms with Gasteiger partial charge >= 0.3 is 0 Å². The van der Waals surface area contributed by atoms with Gasteiger partial charge in [-0.3, -0.25) is 0 Å². The second kappa shape index (κ2) is 13.7. The van der Waals surface area contributed by atoms with Gasteiger partial charge in [0.2, 0.25) is 0 Å². The van der Waals surface area contributed by atoms with Crippen LogP contribution >= 0.6 is 0 Å². The molecule has 0 aliphatic carbocycles. The molecule has 136 valence electrons. The SMILES string of the molecule is CCCCCCCCCCCCCN1C=CN(CCCC)C1C. The smallest absolute Gasteiger partial charge is 0.0977 e. The van der Waals surface area contributed by atoms with Crippen LogP contribution in [0.3, 0.4) is 0 Å². The lowest BCUT2D eigenvalue weighted by molar-refractivity contribution is 0.166. The maximum atomic E-state index is 2.52. The maximum absolute atomic E-state index is 2.52. The Labute approximate surface area is 146 Å². The lowest BCUT2D eigenvalue weighted by Gasteiger charge is -2.29. The molecule has 1 rings (SSSR count). The second-order valence-electron chi connectivity index (χ2n) is 7.29. The van der Waals surface area contributed by atoms with E-state index in [1.165, 1.54) is 96.6 Å². The number of hydrogen-bond donors (Lipinski definition) is 0. The lowest BCUT2D eigenvalue weighted by atomic mass is 10.1. The zero-order chi connectivity index (χ0) is 16.8. The van der Waals surface area contributed by atoms with Crippen LogP contribution < -0.4 is 0 Å².